The van der Waals surface area contributed by atoms with E-state index in [1.807, 2.05) is 0 Å². The molecule has 8 atom stereocenters. The largest absolute Gasteiger partial charge is 0.547 e. The smallest absolute Gasteiger partial charge is 0.330 e. The standard InChI is InChI=1S/C16H21N5O10/c1-5-3-21(16(28)18-13(5)25)8-2-6(19-20-17)7(30-8)4-29-15-11(24)9(22)10(23)12(31-15)14(26)27/h3,6-12,15,22-24H,2,4H2,1H3,(H,26,27)(H,18,25,28)/p-1/t6-,7+,8+,9-,10-,11+,12-,15+/m0/s1. The molecule has 0 unspecified atom stereocenters. The molecule has 31 heavy (non-hydrogen) atoms. The summed E-state index contributed by atoms with van der Waals surface area (Å²) in [4.78, 5) is 39.6. The van der Waals surface area contributed by atoms with E-state index in [0.717, 1.165) is 4.57 Å². The van der Waals surface area contributed by atoms with E-state index in [9.17, 15) is 34.8 Å². The topological polar surface area (TPSA) is 232 Å². The molecule has 0 aliphatic carbocycles. The molecular formula is C16H20N5O10-. The molecule has 0 radical (unpaired) electrons. The fourth-order valence-corrected chi connectivity index (χ4v) is 3.39. The quantitative estimate of drug-likeness (QED) is 0.192. The first-order chi connectivity index (χ1) is 14.6. The fraction of sp³-hybridized carbons (Fsp3) is 0.688. The van der Waals surface area contributed by atoms with Gasteiger partial charge in [-0.3, -0.25) is 14.3 Å². The highest BCUT2D eigenvalue weighted by atomic mass is 16.7. The third-order valence-corrected chi connectivity index (χ3v) is 5.09. The van der Waals surface area contributed by atoms with Crippen LogP contribution in [0.25, 0.3) is 10.4 Å². The predicted octanol–water partition coefficient (Wildman–Crippen LogP) is -3.61. The number of aliphatic hydroxyl groups excluding tert-OH is 3. The number of carbonyl (C=O) groups excluding carboxylic acids is 1. The predicted molar refractivity (Wildman–Crippen MR) is 95.2 cm³/mol. The summed E-state index contributed by atoms with van der Waals surface area (Å²) < 4.78 is 17.1. The van der Waals surface area contributed by atoms with Gasteiger partial charge < -0.3 is 39.4 Å². The van der Waals surface area contributed by atoms with Gasteiger partial charge in [0, 0.05) is 23.1 Å². The van der Waals surface area contributed by atoms with Crippen molar-refractivity contribution in [2.24, 2.45) is 5.11 Å². The zero-order valence-corrected chi connectivity index (χ0v) is 16.1. The van der Waals surface area contributed by atoms with Crippen LogP contribution in [0.5, 0.6) is 0 Å². The molecule has 0 spiro atoms. The van der Waals surface area contributed by atoms with E-state index in [2.05, 4.69) is 15.0 Å². The van der Waals surface area contributed by atoms with Crippen molar-refractivity contribution in [3.05, 3.63) is 43.0 Å². The zero-order chi connectivity index (χ0) is 22.9. The Balaban J connectivity index is 1.74. The Bertz CT molecular complexity index is 988. The molecule has 0 aromatic carbocycles. The molecule has 4 N–H and O–H groups in total. The molecule has 15 heteroatoms. The number of hydrogen-bond donors (Lipinski definition) is 4. The van der Waals surface area contributed by atoms with Crippen LogP contribution >= 0.6 is 0 Å². The van der Waals surface area contributed by atoms with E-state index in [0.29, 0.717) is 0 Å². The van der Waals surface area contributed by atoms with Gasteiger partial charge in [-0.05, 0) is 12.5 Å². The van der Waals surface area contributed by atoms with Gasteiger partial charge in [0.1, 0.15) is 30.6 Å². The van der Waals surface area contributed by atoms with Crippen LogP contribution in [0.4, 0.5) is 0 Å². The number of nitrogens with one attached hydrogen (secondary N) is 1. The van der Waals surface area contributed by atoms with Crippen molar-refractivity contribution in [2.45, 2.75) is 62.4 Å². The Kier molecular flexibility index (Phi) is 6.76. The van der Waals surface area contributed by atoms with Gasteiger partial charge in [-0.1, -0.05) is 5.11 Å². The van der Waals surface area contributed by atoms with E-state index < -0.39 is 66.3 Å². The highest BCUT2D eigenvalue weighted by Crippen LogP contribution is 2.31. The normalized spacial score (nSPS) is 35.5. The van der Waals surface area contributed by atoms with Gasteiger partial charge in [0.05, 0.1) is 24.7 Å². The molecule has 15 nitrogen and oxygen atoms in total. The van der Waals surface area contributed by atoms with Crippen LogP contribution in [0.2, 0.25) is 0 Å². The number of carboxylic acid groups (broad SMARTS) is 1. The fourth-order valence-electron chi connectivity index (χ4n) is 3.39. The molecule has 2 saturated heterocycles. The molecule has 1 aromatic heterocycles. The molecule has 2 fully saturated rings. The Hall–Kier alpha value is -2.78. The minimum Gasteiger partial charge on any atom is -0.547 e. The maximum absolute atomic E-state index is 12.1. The lowest BCUT2D eigenvalue weighted by atomic mass is 9.99. The molecule has 2 aliphatic rings. The average Bonchev–Trinajstić information content (AvgIpc) is 3.11. The van der Waals surface area contributed by atoms with Gasteiger partial charge in [-0.2, -0.15) is 0 Å². The maximum Gasteiger partial charge on any atom is 0.330 e. The van der Waals surface area contributed by atoms with E-state index >= 15 is 0 Å². The number of aromatic nitrogens is 2. The van der Waals surface area contributed by atoms with Crippen LogP contribution in [-0.2, 0) is 19.0 Å². The van der Waals surface area contributed by atoms with Crippen molar-refractivity contribution in [1.29, 1.82) is 0 Å². The minimum absolute atomic E-state index is 0.0561. The number of aryl methyl sites for hydroxylation is 1. The third kappa shape index (κ3) is 4.62. The van der Waals surface area contributed by atoms with Gasteiger partial charge in [0.15, 0.2) is 6.29 Å². The van der Waals surface area contributed by atoms with Crippen molar-refractivity contribution in [3.8, 4) is 0 Å². The monoisotopic (exact) mass is 442 g/mol. The van der Waals surface area contributed by atoms with Crippen molar-refractivity contribution < 1.29 is 39.4 Å². The van der Waals surface area contributed by atoms with Crippen LogP contribution in [0.15, 0.2) is 20.9 Å². The number of rotatable bonds is 6. The molecular weight excluding hydrogens is 422 g/mol. The first-order valence-corrected chi connectivity index (χ1v) is 9.18. The van der Waals surface area contributed by atoms with Gasteiger partial charge in [-0.25, -0.2) is 4.79 Å². The summed E-state index contributed by atoms with van der Waals surface area (Å²) in [6.07, 6.45) is -9.71. The van der Waals surface area contributed by atoms with Crippen molar-refractivity contribution in [2.75, 3.05) is 6.61 Å². The number of azide groups is 1. The Morgan fingerprint density at radius 1 is 1.35 bits per heavy atom. The van der Waals surface area contributed by atoms with Crippen LogP contribution in [0, 0.1) is 6.92 Å². The minimum atomic E-state index is -1.95. The number of carbonyl (C=O) groups is 1. The van der Waals surface area contributed by atoms with Crippen LogP contribution in [0.3, 0.4) is 0 Å². The summed E-state index contributed by atoms with van der Waals surface area (Å²) in [5.41, 5.74) is 7.76. The molecule has 0 amide bonds. The highest BCUT2D eigenvalue weighted by molar-refractivity contribution is 5.71. The lowest BCUT2D eigenvalue weighted by molar-refractivity contribution is -0.350. The summed E-state index contributed by atoms with van der Waals surface area (Å²) >= 11 is 0. The molecule has 0 saturated carbocycles. The van der Waals surface area contributed by atoms with Crippen LogP contribution in [-0.4, -0.2) is 80.3 Å². The summed E-state index contributed by atoms with van der Waals surface area (Å²) in [5.74, 6) is -1.82. The van der Waals surface area contributed by atoms with Gasteiger partial charge in [0.25, 0.3) is 5.56 Å². The number of aliphatic carboxylic acids is 1. The third-order valence-electron chi connectivity index (χ3n) is 5.09. The summed E-state index contributed by atoms with van der Waals surface area (Å²) in [7, 11) is 0. The molecule has 1 aromatic rings. The number of hydrogen-bond acceptors (Lipinski definition) is 11. The van der Waals surface area contributed by atoms with Crippen LogP contribution in [0.1, 0.15) is 18.2 Å². The second-order valence-electron chi connectivity index (χ2n) is 7.17. The number of aromatic amines is 1. The van der Waals surface area contributed by atoms with Crippen LogP contribution < -0.4 is 16.4 Å². The summed E-state index contributed by atoms with van der Waals surface area (Å²) in [6, 6.07) is -0.817. The summed E-state index contributed by atoms with van der Waals surface area (Å²) in [5, 5.41) is 44.1. The van der Waals surface area contributed by atoms with Gasteiger partial charge in [0.2, 0.25) is 0 Å². The van der Waals surface area contributed by atoms with Crippen molar-refractivity contribution >= 4 is 5.97 Å². The number of aliphatic hydroxyl groups is 3. The molecule has 0 bridgehead atoms. The SMILES string of the molecule is Cc1cn([C@H]2C[C@H](N=[N+]=[N-])[C@@H](CO[C@@H]3O[C@H](C(=O)[O-])[C@@H](O)[C@H](O)[C@H]3O)O2)c(=O)[nH]c1=O. The van der Waals surface area contributed by atoms with E-state index in [1.165, 1.54) is 13.1 Å². The van der Waals surface area contributed by atoms with E-state index in [4.69, 9.17) is 19.7 Å². The Morgan fingerprint density at radius 3 is 2.71 bits per heavy atom. The van der Waals surface area contributed by atoms with E-state index in [1.54, 1.807) is 0 Å². The number of H-pyrrole nitrogens is 1. The zero-order valence-electron chi connectivity index (χ0n) is 16.1. The first kappa shape index (κ1) is 22.9. The molecule has 170 valence electrons. The Morgan fingerprint density at radius 2 is 2.06 bits per heavy atom. The Labute approximate surface area is 173 Å². The molecule has 2 aliphatic heterocycles. The number of carboxylic acids is 1. The lowest BCUT2D eigenvalue weighted by Gasteiger charge is -2.40. The van der Waals surface area contributed by atoms with Gasteiger partial charge >= 0.3 is 5.69 Å². The highest BCUT2D eigenvalue weighted by Gasteiger charge is 2.46. The maximum atomic E-state index is 12.1. The average molecular weight is 442 g/mol. The van der Waals surface area contributed by atoms with Crippen molar-refractivity contribution in [1.82, 2.24) is 9.55 Å². The summed E-state index contributed by atoms with van der Waals surface area (Å²) in [6.45, 7) is 1.10. The second-order valence-corrected chi connectivity index (χ2v) is 7.17. The molecule has 3 rings (SSSR count). The van der Waals surface area contributed by atoms with Crippen molar-refractivity contribution in [3.63, 3.8) is 0 Å². The first-order valence-electron chi connectivity index (χ1n) is 9.18. The van der Waals surface area contributed by atoms with Gasteiger partial charge in [-0.15, -0.1) is 0 Å². The second kappa shape index (κ2) is 9.15. The van der Waals surface area contributed by atoms with E-state index in [-0.39, 0.29) is 18.6 Å². The lowest BCUT2D eigenvalue weighted by Crippen LogP contribution is -2.62. The number of nitrogens with zero attached hydrogens (tertiary/aromatic N) is 4. The number of ether oxygens (including phenoxy) is 3. The molecule has 3 heterocycles.